The van der Waals surface area contributed by atoms with Crippen LogP contribution in [0.1, 0.15) is 41.0 Å². The van der Waals surface area contributed by atoms with Crippen LogP contribution < -0.4 is 0 Å². The first-order valence-electron chi connectivity index (χ1n) is 3.91. The maximum absolute atomic E-state index is 10.0. The van der Waals surface area contributed by atoms with Crippen LogP contribution in [0.5, 0.6) is 0 Å². The van der Waals surface area contributed by atoms with E-state index in [-0.39, 0.29) is 7.43 Å². The van der Waals surface area contributed by atoms with Gasteiger partial charge in [-0.3, -0.25) is 4.79 Å². The molecule has 70 valence electrons. The van der Waals surface area contributed by atoms with Crippen molar-refractivity contribution in [1.29, 1.82) is 0 Å². The zero-order valence-corrected chi connectivity index (χ0v) is 7.55. The number of carbonyl (C=O) groups is 1. The summed E-state index contributed by atoms with van der Waals surface area (Å²) >= 11 is 0. The van der Waals surface area contributed by atoms with Crippen LogP contribution in [0.15, 0.2) is 23.3 Å². The summed E-state index contributed by atoms with van der Waals surface area (Å²) in [6, 6.07) is 0. The summed E-state index contributed by atoms with van der Waals surface area (Å²) in [7, 11) is 0. The Morgan fingerprint density at radius 1 is 1.25 bits per heavy atom. The number of rotatable bonds is 4. The quantitative estimate of drug-likeness (QED) is 0.356. The lowest BCUT2D eigenvalue weighted by Gasteiger charge is -1.94. The summed E-state index contributed by atoms with van der Waals surface area (Å²) in [5, 5.41) is 0. The van der Waals surface area contributed by atoms with Gasteiger partial charge in [0.15, 0.2) is 0 Å². The molecule has 0 saturated heterocycles. The van der Waals surface area contributed by atoms with E-state index in [1.807, 2.05) is 6.92 Å². The molecular formula is C11H20O. The third-order valence-electron chi connectivity index (χ3n) is 1.44. The Labute approximate surface area is 76.2 Å². The van der Waals surface area contributed by atoms with Crippen LogP contribution in [0.25, 0.3) is 0 Å². The Hall–Kier alpha value is -0.850. The minimum absolute atomic E-state index is 0. The Morgan fingerprint density at radius 2 is 1.83 bits per heavy atom. The molecule has 0 bridgehead atoms. The third kappa shape index (κ3) is 9.15. The van der Waals surface area contributed by atoms with Gasteiger partial charge in [-0.1, -0.05) is 24.6 Å². The van der Waals surface area contributed by atoms with E-state index >= 15 is 0 Å². The molecule has 1 heteroatoms. The van der Waals surface area contributed by atoms with Crippen molar-refractivity contribution in [2.45, 2.75) is 41.0 Å². The second kappa shape index (κ2) is 8.25. The topological polar surface area (TPSA) is 17.1 Å². The van der Waals surface area contributed by atoms with Crippen LogP contribution in [0.2, 0.25) is 0 Å². The molecule has 0 aliphatic rings. The molecular weight excluding hydrogens is 148 g/mol. The van der Waals surface area contributed by atoms with Crippen LogP contribution in [0.3, 0.4) is 0 Å². The number of allylic oxidation sites excluding steroid dienone is 4. The van der Waals surface area contributed by atoms with Crippen LogP contribution in [-0.4, -0.2) is 6.29 Å². The van der Waals surface area contributed by atoms with Gasteiger partial charge in [0.2, 0.25) is 0 Å². The second-order valence-corrected chi connectivity index (χ2v) is 2.97. The predicted octanol–water partition coefficient (Wildman–Crippen LogP) is 3.51. The fourth-order valence-corrected chi connectivity index (χ4v) is 0.788. The minimum atomic E-state index is 0. The monoisotopic (exact) mass is 168 g/mol. The van der Waals surface area contributed by atoms with E-state index in [1.165, 1.54) is 5.57 Å². The Bertz CT molecular complexity index is 171. The summed E-state index contributed by atoms with van der Waals surface area (Å²) in [6.45, 7) is 6.14. The van der Waals surface area contributed by atoms with E-state index in [0.717, 1.165) is 24.7 Å². The fourth-order valence-electron chi connectivity index (χ4n) is 0.788. The molecule has 0 aromatic carbocycles. The van der Waals surface area contributed by atoms with Crippen LogP contribution in [0.4, 0.5) is 0 Å². The van der Waals surface area contributed by atoms with E-state index in [1.54, 1.807) is 6.08 Å². The number of hydrogen-bond donors (Lipinski definition) is 0. The first-order chi connectivity index (χ1) is 5.16. The summed E-state index contributed by atoms with van der Waals surface area (Å²) in [6.07, 6.45) is 6.68. The van der Waals surface area contributed by atoms with Gasteiger partial charge in [0, 0.05) is 0 Å². The Balaban J connectivity index is 0. The van der Waals surface area contributed by atoms with E-state index < -0.39 is 0 Å². The van der Waals surface area contributed by atoms with Crippen molar-refractivity contribution in [2.24, 2.45) is 0 Å². The largest absolute Gasteiger partial charge is 0.299 e. The molecule has 0 spiro atoms. The zero-order valence-electron chi connectivity index (χ0n) is 7.55. The van der Waals surface area contributed by atoms with Crippen molar-refractivity contribution >= 4 is 6.29 Å². The highest BCUT2D eigenvalue weighted by Crippen LogP contribution is 2.05. The minimum Gasteiger partial charge on any atom is -0.299 e. The normalized spacial score (nSPS) is 10.1. The second-order valence-electron chi connectivity index (χ2n) is 2.97. The number of aldehydes is 1. The van der Waals surface area contributed by atoms with Crippen LogP contribution in [-0.2, 0) is 4.79 Å². The van der Waals surface area contributed by atoms with Crippen molar-refractivity contribution in [3.8, 4) is 0 Å². The van der Waals surface area contributed by atoms with Crippen molar-refractivity contribution in [3.05, 3.63) is 23.3 Å². The molecule has 0 unspecified atom stereocenters. The maximum Gasteiger partial charge on any atom is 0.142 e. The Morgan fingerprint density at radius 3 is 2.25 bits per heavy atom. The molecule has 0 saturated carbocycles. The van der Waals surface area contributed by atoms with Gasteiger partial charge in [0.1, 0.15) is 6.29 Å². The molecule has 0 radical (unpaired) electrons. The standard InChI is InChI=1S/C10H16O.CH4/c1-9(2)5-4-6-10(3)7-8-11;/h5,7-8H,4,6H2,1-3H3;1H4. The first-order valence-corrected chi connectivity index (χ1v) is 3.91. The van der Waals surface area contributed by atoms with Gasteiger partial charge in [-0.2, -0.15) is 0 Å². The van der Waals surface area contributed by atoms with Gasteiger partial charge in [-0.25, -0.2) is 0 Å². The smallest absolute Gasteiger partial charge is 0.142 e. The summed E-state index contributed by atoms with van der Waals surface area (Å²) in [5.74, 6) is 0. The summed E-state index contributed by atoms with van der Waals surface area (Å²) in [5.41, 5.74) is 2.49. The molecule has 0 N–H and O–H groups in total. The maximum atomic E-state index is 10.0. The van der Waals surface area contributed by atoms with Crippen LogP contribution >= 0.6 is 0 Å². The molecule has 0 aliphatic heterocycles. The zero-order chi connectivity index (χ0) is 8.69. The van der Waals surface area contributed by atoms with Crippen molar-refractivity contribution in [2.75, 3.05) is 0 Å². The van der Waals surface area contributed by atoms with Crippen molar-refractivity contribution in [3.63, 3.8) is 0 Å². The lowest BCUT2D eigenvalue weighted by atomic mass is 10.1. The van der Waals surface area contributed by atoms with E-state index in [9.17, 15) is 4.79 Å². The lowest BCUT2D eigenvalue weighted by Crippen LogP contribution is -1.77. The molecule has 1 nitrogen and oxygen atoms in total. The van der Waals surface area contributed by atoms with E-state index in [2.05, 4.69) is 19.9 Å². The molecule has 0 heterocycles. The first kappa shape index (κ1) is 13.7. The van der Waals surface area contributed by atoms with Crippen LogP contribution in [0, 0.1) is 0 Å². The van der Waals surface area contributed by atoms with Gasteiger partial charge in [-0.05, 0) is 39.7 Å². The van der Waals surface area contributed by atoms with Gasteiger partial charge >= 0.3 is 0 Å². The number of carbonyl (C=O) groups excluding carboxylic acids is 1. The van der Waals surface area contributed by atoms with Crippen molar-refractivity contribution < 1.29 is 4.79 Å². The molecule has 0 rings (SSSR count). The average Bonchev–Trinajstić information content (AvgIpc) is 1.87. The third-order valence-corrected chi connectivity index (χ3v) is 1.44. The van der Waals surface area contributed by atoms with Gasteiger partial charge in [0.05, 0.1) is 0 Å². The molecule has 0 aromatic rings. The molecule has 0 aromatic heterocycles. The highest BCUT2D eigenvalue weighted by Gasteiger charge is 1.86. The highest BCUT2D eigenvalue weighted by atomic mass is 16.1. The van der Waals surface area contributed by atoms with Gasteiger partial charge < -0.3 is 0 Å². The molecule has 12 heavy (non-hydrogen) atoms. The fraction of sp³-hybridized carbons (Fsp3) is 0.545. The van der Waals surface area contributed by atoms with Gasteiger partial charge in [0.25, 0.3) is 0 Å². The summed E-state index contributed by atoms with van der Waals surface area (Å²) < 4.78 is 0. The Kier molecular flexibility index (Phi) is 9.43. The lowest BCUT2D eigenvalue weighted by molar-refractivity contribution is -0.104. The van der Waals surface area contributed by atoms with E-state index in [4.69, 9.17) is 0 Å². The van der Waals surface area contributed by atoms with Crippen molar-refractivity contribution in [1.82, 2.24) is 0 Å². The SMILES string of the molecule is C.CC(C)=CCCC(C)=CC=O. The average molecular weight is 168 g/mol. The molecule has 0 aliphatic carbocycles. The van der Waals surface area contributed by atoms with Gasteiger partial charge in [-0.15, -0.1) is 0 Å². The highest BCUT2D eigenvalue weighted by molar-refractivity contribution is 5.65. The molecule has 0 fully saturated rings. The molecule has 0 amide bonds. The van der Waals surface area contributed by atoms with E-state index in [0.29, 0.717) is 0 Å². The predicted molar refractivity (Wildman–Crippen MR) is 55.2 cm³/mol. The summed E-state index contributed by atoms with van der Waals surface area (Å²) in [4.78, 5) is 10.0. The molecule has 0 atom stereocenters. The number of hydrogen-bond acceptors (Lipinski definition) is 1.